The van der Waals surface area contributed by atoms with Gasteiger partial charge in [0.25, 0.3) is 0 Å². The highest BCUT2D eigenvalue weighted by Crippen LogP contribution is 2.13. The Morgan fingerprint density at radius 3 is 2.44 bits per heavy atom. The number of phenolic OH excluding ortho intramolecular Hbond substituents is 1. The second-order valence-corrected chi connectivity index (χ2v) is 4.91. The molecule has 0 heterocycles. The largest absolute Gasteiger partial charge is 0.508 e. The van der Waals surface area contributed by atoms with E-state index in [1.54, 1.807) is 12.1 Å². The minimum atomic E-state index is 0.306. The molecule has 0 atom stereocenters. The maximum absolute atomic E-state index is 9.25. The van der Waals surface area contributed by atoms with Crippen LogP contribution in [0.5, 0.6) is 5.75 Å². The van der Waals surface area contributed by atoms with Gasteiger partial charge in [-0.3, -0.25) is 4.90 Å². The van der Waals surface area contributed by atoms with Gasteiger partial charge in [-0.1, -0.05) is 12.1 Å². The topological polar surface area (TPSA) is 32.7 Å². The van der Waals surface area contributed by atoms with E-state index in [1.165, 1.54) is 5.56 Å². The fraction of sp³-hybridized carbons (Fsp3) is 0.571. The molecule has 1 aromatic carbocycles. The van der Waals surface area contributed by atoms with Gasteiger partial charge in [0, 0.05) is 25.0 Å². The van der Waals surface area contributed by atoms with Crippen molar-refractivity contribution in [2.75, 3.05) is 25.6 Å². The van der Waals surface area contributed by atoms with E-state index in [4.69, 9.17) is 16.3 Å². The molecule has 1 N–H and O–H groups in total. The lowest BCUT2D eigenvalue weighted by atomic mass is 10.2. The first kappa shape index (κ1) is 15.3. The number of phenols is 1. The van der Waals surface area contributed by atoms with Crippen LogP contribution < -0.4 is 0 Å². The average molecular weight is 272 g/mol. The Labute approximate surface area is 114 Å². The van der Waals surface area contributed by atoms with Gasteiger partial charge < -0.3 is 9.84 Å². The molecule has 18 heavy (non-hydrogen) atoms. The van der Waals surface area contributed by atoms with Crippen LogP contribution in [0.15, 0.2) is 24.3 Å². The molecule has 1 aromatic rings. The van der Waals surface area contributed by atoms with Crippen LogP contribution in [-0.4, -0.2) is 41.7 Å². The average Bonchev–Trinajstić information content (AvgIpc) is 2.35. The van der Waals surface area contributed by atoms with E-state index in [0.717, 1.165) is 13.1 Å². The zero-order valence-electron chi connectivity index (χ0n) is 11.1. The number of alkyl halides is 1. The molecular weight excluding hydrogens is 250 g/mol. The summed E-state index contributed by atoms with van der Waals surface area (Å²) in [6.45, 7) is 7.39. The van der Waals surface area contributed by atoms with Gasteiger partial charge in [0.2, 0.25) is 0 Å². The number of ether oxygens (including phenoxy) is 1. The van der Waals surface area contributed by atoms with Crippen molar-refractivity contribution in [3.63, 3.8) is 0 Å². The van der Waals surface area contributed by atoms with Gasteiger partial charge in [-0.25, -0.2) is 0 Å². The molecule has 0 amide bonds. The molecule has 3 nitrogen and oxygen atoms in total. The highest BCUT2D eigenvalue weighted by Gasteiger charge is 2.09. The Kier molecular flexibility index (Phi) is 7.09. The molecule has 0 aliphatic heterocycles. The molecule has 0 bridgehead atoms. The van der Waals surface area contributed by atoms with Crippen molar-refractivity contribution < 1.29 is 9.84 Å². The number of rotatable bonds is 8. The van der Waals surface area contributed by atoms with Crippen LogP contribution >= 0.6 is 11.6 Å². The van der Waals surface area contributed by atoms with Crippen molar-refractivity contribution in [2.24, 2.45) is 0 Å². The zero-order chi connectivity index (χ0) is 13.4. The lowest BCUT2D eigenvalue weighted by Gasteiger charge is -2.26. The predicted octanol–water partition coefficient (Wildman–Crippen LogP) is 2.86. The second kappa shape index (κ2) is 8.35. The van der Waals surface area contributed by atoms with Gasteiger partial charge in [-0.05, 0) is 31.5 Å². The summed E-state index contributed by atoms with van der Waals surface area (Å²) < 4.78 is 5.41. The maximum atomic E-state index is 9.25. The summed E-state index contributed by atoms with van der Waals surface area (Å²) in [5.41, 5.74) is 1.19. The predicted molar refractivity (Wildman–Crippen MR) is 75.2 cm³/mol. The summed E-state index contributed by atoms with van der Waals surface area (Å²) in [4.78, 5) is 2.33. The zero-order valence-corrected chi connectivity index (χ0v) is 11.9. The SMILES string of the molecule is CC(C)N(CCOCCCl)Cc1ccc(O)cc1. The first-order chi connectivity index (χ1) is 8.63. The molecule has 0 aromatic heterocycles. The summed E-state index contributed by atoms with van der Waals surface area (Å²) in [6.07, 6.45) is 0. The minimum absolute atomic E-state index is 0.306. The molecule has 0 spiro atoms. The summed E-state index contributed by atoms with van der Waals surface area (Å²) in [7, 11) is 0. The van der Waals surface area contributed by atoms with Gasteiger partial charge in [-0.15, -0.1) is 11.6 Å². The molecule has 0 aliphatic carbocycles. The van der Waals surface area contributed by atoms with Crippen molar-refractivity contribution in [3.8, 4) is 5.75 Å². The first-order valence-electron chi connectivity index (χ1n) is 6.29. The molecule has 102 valence electrons. The Morgan fingerprint density at radius 2 is 1.89 bits per heavy atom. The number of aromatic hydroxyl groups is 1. The lowest BCUT2D eigenvalue weighted by molar-refractivity contribution is 0.0984. The number of hydrogen-bond donors (Lipinski definition) is 1. The summed E-state index contributed by atoms with van der Waals surface area (Å²) >= 11 is 5.56. The van der Waals surface area contributed by atoms with Crippen LogP contribution in [0.1, 0.15) is 19.4 Å². The van der Waals surface area contributed by atoms with E-state index >= 15 is 0 Å². The molecule has 0 radical (unpaired) electrons. The molecule has 0 unspecified atom stereocenters. The molecular formula is C14H22ClNO2. The van der Waals surface area contributed by atoms with Crippen molar-refractivity contribution in [1.82, 2.24) is 4.90 Å². The minimum Gasteiger partial charge on any atom is -0.508 e. The first-order valence-corrected chi connectivity index (χ1v) is 6.82. The van der Waals surface area contributed by atoms with Crippen LogP contribution in [0, 0.1) is 0 Å². The van der Waals surface area contributed by atoms with Gasteiger partial charge >= 0.3 is 0 Å². The number of halogens is 1. The van der Waals surface area contributed by atoms with Crippen molar-refractivity contribution in [3.05, 3.63) is 29.8 Å². The van der Waals surface area contributed by atoms with Gasteiger partial charge in [0.1, 0.15) is 5.75 Å². The lowest BCUT2D eigenvalue weighted by Crippen LogP contribution is -2.33. The van der Waals surface area contributed by atoms with E-state index in [1.807, 2.05) is 12.1 Å². The van der Waals surface area contributed by atoms with Crippen molar-refractivity contribution in [2.45, 2.75) is 26.4 Å². The van der Waals surface area contributed by atoms with Crippen LogP contribution in [-0.2, 0) is 11.3 Å². The van der Waals surface area contributed by atoms with Crippen LogP contribution in [0.2, 0.25) is 0 Å². The second-order valence-electron chi connectivity index (χ2n) is 4.53. The van der Waals surface area contributed by atoms with E-state index in [2.05, 4.69) is 18.7 Å². The van der Waals surface area contributed by atoms with Crippen LogP contribution in [0.3, 0.4) is 0 Å². The number of hydrogen-bond acceptors (Lipinski definition) is 3. The molecule has 0 saturated carbocycles. The molecule has 1 rings (SSSR count). The number of benzene rings is 1. The van der Waals surface area contributed by atoms with Gasteiger partial charge in [-0.2, -0.15) is 0 Å². The highest BCUT2D eigenvalue weighted by atomic mass is 35.5. The van der Waals surface area contributed by atoms with Crippen LogP contribution in [0.25, 0.3) is 0 Å². The standard InChI is InChI=1S/C14H22ClNO2/c1-12(2)16(8-10-18-9-7-15)11-13-3-5-14(17)6-4-13/h3-6,12,17H,7-11H2,1-2H3. The van der Waals surface area contributed by atoms with Crippen LogP contribution in [0.4, 0.5) is 0 Å². The Bertz CT molecular complexity index is 327. The summed E-state index contributed by atoms with van der Waals surface area (Å²) in [5.74, 6) is 0.847. The van der Waals surface area contributed by atoms with Gasteiger partial charge in [0.15, 0.2) is 0 Å². The third-order valence-corrected chi connectivity index (χ3v) is 2.95. The summed E-state index contributed by atoms with van der Waals surface area (Å²) in [6, 6.07) is 7.79. The number of nitrogens with zero attached hydrogens (tertiary/aromatic N) is 1. The Balaban J connectivity index is 2.44. The fourth-order valence-corrected chi connectivity index (χ4v) is 1.80. The molecule has 0 aliphatic rings. The van der Waals surface area contributed by atoms with E-state index in [-0.39, 0.29) is 0 Å². The van der Waals surface area contributed by atoms with E-state index < -0.39 is 0 Å². The Morgan fingerprint density at radius 1 is 1.22 bits per heavy atom. The van der Waals surface area contributed by atoms with E-state index in [9.17, 15) is 5.11 Å². The summed E-state index contributed by atoms with van der Waals surface area (Å²) in [5, 5.41) is 9.25. The molecule has 4 heteroatoms. The quantitative estimate of drug-likeness (QED) is 0.583. The highest BCUT2D eigenvalue weighted by molar-refractivity contribution is 6.17. The molecule has 0 saturated heterocycles. The molecule has 0 fully saturated rings. The third-order valence-electron chi connectivity index (χ3n) is 2.80. The maximum Gasteiger partial charge on any atom is 0.115 e. The van der Waals surface area contributed by atoms with Crippen molar-refractivity contribution in [1.29, 1.82) is 0 Å². The third kappa shape index (κ3) is 5.71. The van der Waals surface area contributed by atoms with Gasteiger partial charge in [0.05, 0.1) is 13.2 Å². The van der Waals surface area contributed by atoms with Crippen molar-refractivity contribution >= 4 is 11.6 Å². The monoisotopic (exact) mass is 271 g/mol. The van der Waals surface area contributed by atoms with E-state index in [0.29, 0.717) is 30.9 Å². The Hall–Kier alpha value is -0.770. The normalized spacial score (nSPS) is 11.4. The smallest absolute Gasteiger partial charge is 0.115 e. The fourth-order valence-electron chi connectivity index (χ4n) is 1.69.